The van der Waals surface area contributed by atoms with Crippen molar-refractivity contribution >= 4 is 0 Å². The van der Waals surface area contributed by atoms with Crippen LogP contribution >= 0.6 is 0 Å². The van der Waals surface area contributed by atoms with E-state index in [9.17, 15) is 22.7 Å². The van der Waals surface area contributed by atoms with Gasteiger partial charge >= 0.3 is 6.18 Å². The molecule has 0 saturated heterocycles. The number of benzene rings is 3. The highest BCUT2D eigenvalue weighted by molar-refractivity contribution is 5.75. The second-order valence-corrected chi connectivity index (χ2v) is 10.7. The molecule has 3 unspecified atom stereocenters. The van der Waals surface area contributed by atoms with E-state index in [4.69, 9.17) is 4.98 Å². The number of rotatable bonds is 7. The van der Waals surface area contributed by atoms with E-state index in [-0.39, 0.29) is 23.1 Å². The van der Waals surface area contributed by atoms with Crippen molar-refractivity contribution in [1.29, 1.82) is 0 Å². The molecule has 2 N–H and O–H groups in total. The fourth-order valence-corrected chi connectivity index (χ4v) is 5.53. The van der Waals surface area contributed by atoms with Crippen molar-refractivity contribution in [2.24, 2.45) is 0 Å². The number of hydrogen-bond acceptors (Lipinski definition) is 3. The lowest BCUT2D eigenvalue weighted by molar-refractivity contribution is -0.137. The number of pyridine rings is 1. The number of aromatic nitrogens is 1. The lowest BCUT2D eigenvalue weighted by Crippen LogP contribution is -2.29. The number of alkyl halides is 4. The Morgan fingerprint density at radius 2 is 1.59 bits per heavy atom. The molecule has 1 aromatic heterocycles. The third-order valence-corrected chi connectivity index (χ3v) is 7.58. The van der Waals surface area contributed by atoms with Crippen molar-refractivity contribution in [3.8, 4) is 11.1 Å². The number of aliphatic hydroxyl groups excluding tert-OH is 1. The molecule has 0 radical (unpaired) electrons. The molecular weight excluding hydrogens is 535 g/mol. The van der Waals surface area contributed by atoms with Gasteiger partial charge in [-0.05, 0) is 65.3 Å². The first-order chi connectivity index (χ1) is 19.5. The summed E-state index contributed by atoms with van der Waals surface area (Å²) >= 11 is 0. The van der Waals surface area contributed by atoms with Crippen LogP contribution in [0.4, 0.5) is 22.0 Å². The molecule has 8 heteroatoms. The van der Waals surface area contributed by atoms with Crippen LogP contribution in [0.5, 0.6) is 0 Å². The summed E-state index contributed by atoms with van der Waals surface area (Å²) in [6, 6.07) is 19.2. The Morgan fingerprint density at radius 1 is 0.927 bits per heavy atom. The summed E-state index contributed by atoms with van der Waals surface area (Å²) in [6.45, 7) is 4.31. The Labute approximate surface area is 236 Å². The van der Waals surface area contributed by atoms with Gasteiger partial charge in [-0.2, -0.15) is 13.2 Å². The van der Waals surface area contributed by atoms with E-state index >= 15 is 4.39 Å². The van der Waals surface area contributed by atoms with Crippen molar-refractivity contribution in [1.82, 2.24) is 10.3 Å². The number of nitrogens with one attached hydrogen (secondary N) is 1. The van der Waals surface area contributed by atoms with Crippen molar-refractivity contribution in [3.63, 3.8) is 0 Å². The van der Waals surface area contributed by atoms with E-state index in [1.807, 2.05) is 44.2 Å². The summed E-state index contributed by atoms with van der Waals surface area (Å²) in [5, 5.41) is 14.8. The first-order valence-electron chi connectivity index (χ1n) is 13.6. The van der Waals surface area contributed by atoms with Crippen LogP contribution in [-0.2, 0) is 12.7 Å². The molecule has 214 valence electrons. The van der Waals surface area contributed by atoms with Crippen LogP contribution in [0.25, 0.3) is 11.1 Å². The third-order valence-electron chi connectivity index (χ3n) is 7.58. The molecule has 5 rings (SSSR count). The van der Waals surface area contributed by atoms with E-state index in [0.717, 1.165) is 29.8 Å². The number of fused-ring (bicyclic) bond motifs is 1. The number of nitrogens with zero attached hydrogens (tertiary/aromatic N) is 1. The predicted octanol–water partition coefficient (Wildman–Crippen LogP) is 8.75. The predicted molar refractivity (Wildman–Crippen MR) is 148 cm³/mol. The SMILES string of the molecule is CC(C)c1nc2c(c(-c3ccc(F)cc3)c1C(F)c1ccc(C(F)(F)F)cc1)C(O)CCC2NCc1ccccc1. The fourth-order valence-electron chi connectivity index (χ4n) is 5.53. The largest absolute Gasteiger partial charge is 0.416 e. The van der Waals surface area contributed by atoms with Crippen LogP contribution in [0.2, 0.25) is 0 Å². The smallest absolute Gasteiger partial charge is 0.388 e. The zero-order chi connectivity index (χ0) is 29.3. The molecule has 1 heterocycles. The topological polar surface area (TPSA) is 45.2 Å². The molecule has 1 aliphatic rings. The van der Waals surface area contributed by atoms with Crippen LogP contribution in [0, 0.1) is 5.82 Å². The van der Waals surface area contributed by atoms with Crippen LogP contribution in [0.1, 0.15) is 90.1 Å². The molecular formula is C33H31F5N2O. The summed E-state index contributed by atoms with van der Waals surface area (Å²) in [4.78, 5) is 4.95. The number of halogens is 5. The van der Waals surface area contributed by atoms with Crippen LogP contribution < -0.4 is 5.32 Å². The highest BCUT2D eigenvalue weighted by Crippen LogP contribution is 2.48. The zero-order valence-corrected chi connectivity index (χ0v) is 22.7. The molecule has 0 saturated carbocycles. The van der Waals surface area contributed by atoms with Gasteiger partial charge in [0.25, 0.3) is 0 Å². The van der Waals surface area contributed by atoms with Crippen LogP contribution in [0.3, 0.4) is 0 Å². The molecule has 0 aliphatic heterocycles. The maximum Gasteiger partial charge on any atom is 0.416 e. The summed E-state index contributed by atoms with van der Waals surface area (Å²) in [7, 11) is 0. The Morgan fingerprint density at radius 3 is 2.20 bits per heavy atom. The van der Waals surface area contributed by atoms with Crippen molar-refractivity contribution in [3.05, 3.63) is 124 Å². The molecule has 0 fully saturated rings. The maximum absolute atomic E-state index is 16.6. The lowest BCUT2D eigenvalue weighted by Gasteiger charge is -2.34. The molecule has 0 bridgehead atoms. The Bertz CT molecular complexity index is 1490. The van der Waals surface area contributed by atoms with Crippen LogP contribution in [-0.4, -0.2) is 10.1 Å². The average Bonchev–Trinajstić information content (AvgIpc) is 2.96. The van der Waals surface area contributed by atoms with Crippen molar-refractivity contribution in [2.75, 3.05) is 0 Å². The van der Waals surface area contributed by atoms with Gasteiger partial charge in [0.05, 0.1) is 29.1 Å². The Balaban J connectivity index is 1.69. The summed E-state index contributed by atoms with van der Waals surface area (Å²) < 4.78 is 70.2. The fraction of sp³-hybridized carbons (Fsp3) is 0.303. The van der Waals surface area contributed by atoms with Gasteiger partial charge in [-0.25, -0.2) is 8.78 Å². The number of hydrogen-bond donors (Lipinski definition) is 2. The monoisotopic (exact) mass is 566 g/mol. The van der Waals surface area contributed by atoms with Gasteiger partial charge in [0.2, 0.25) is 0 Å². The standard InChI is InChI=1S/C33H31F5N2O/c1-19(2)31-29(30(35)22-8-12-23(13-9-22)33(36,37)38)27(21-10-14-24(34)15-11-21)28-26(41)17-16-25(32(28)40-31)39-18-20-6-4-3-5-7-20/h3-15,19,25-26,30,39,41H,16-18H2,1-2H3. The number of aliphatic hydroxyl groups is 1. The molecule has 1 aliphatic carbocycles. The Kier molecular flexibility index (Phi) is 8.25. The van der Waals surface area contributed by atoms with Gasteiger partial charge in [-0.15, -0.1) is 0 Å². The summed E-state index contributed by atoms with van der Waals surface area (Å²) in [5.74, 6) is -0.721. The lowest BCUT2D eigenvalue weighted by atomic mass is 9.79. The highest BCUT2D eigenvalue weighted by Gasteiger charge is 2.36. The molecule has 41 heavy (non-hydrogen) atoms. The van der Waals surface area contributed by atoms with E-state index in [0.29, 0.717) is 47.5 Å². The Hall–Kier alpha value is -3.62. The maximum atomic E-state index is 16.6. The van der Waals surface area contributed by atoms with Crippen LogP contribution in [0.15, 0.2) is 78.9 Å². The zero-order valence-electron chi connectivity index (χ0n) is 22.7. The van der Waals surface area contributed by atoms with Gasteiger partial charge in [0, 0.05) is 17.7 Å². The van der Waals surface area contributed by atoms with E-state index in [1.54, 1.807) is 0 Å². The summed E-state index contributed by atoms with van der Waals surface area (Å²) in [5.41, 5.74) is 2.82. The van der Waals surface area contributed by atoms with Gasteiger partial charge in [0.1, 0.15) is 5.82 Å². The van der Waals surface area contributed by atoms with Crippen molar-refractivity contribution in [2.45, 2.75) is 63.6 Å². The van der Waals surface area contributed by atoms with Gasteiger partial charge in [-0.1, -0.05) is 68.4 Å². The minimum Gasteiger partial charge on any atom is -0.388 e. The van der Waals surface area contributed by atoms with Gasteiger partial charge in [0.15, 0.2) is 6.17 Å². The van der Waals surface area contributed by atoms with Crippen molar-refractivity contribution < 1.29 is 27.1 Å². The van der Waals surface area contributed by atoms with Gasteiger partial charge < -0.3 is 10.4 Å². The first kappa shape index (κ1) is 28.9. The van der Waals surface area contributed by atoms with E-state index < -0.39 is 29.8 Å². The quantitative estimate of drug-likeness (QED) is 0.220. The second-order valence-electron chi connectivity index (χ2n) is 10.7. The molecule has 0 spiro atoms. The minimum atomic E-state index is -4.55. The second kappa shape index (κ2) is 11.7. The minimum absolute atomic E-state index is 0.0362. The highest BCUT2D eigenvalue weighted by atomic mass is 19.4. The molecule has 3 aromatic carbocycles. The molecule has 4 aromatic rings. The molecule has 0 amide bonds. The average molecular weight is 567 g/mol. The summed E-state index contributed by atoms with van der Waals surface area (Å²) in [6.07, 6.45) is -6.34. The normalized spacial score (nSPS) is 17.9. The first-order valence-corrected chi connectivity index (χ1v) is 13.6. The molecule has 3 nitrogen and oxygen atoms in total. The molecule has 3 atom stereocenters. The van der Waals surface area contributed by atoms with Gasteiger partial charge in [-0.3, -0.25) is 4.98 Å². The third kappa shape index (κ3) is 6.04. The van der Waals surface area contributed by atoms with E-state index in [2.05, 4.69) is 5.32 Å². The van der Waals surface area contributed by atoms with E-state index in [1.165, 1.54) is 24.3 Å².